The molecule has 1 fully saturated rings. The Kier molecular flexibility index (Phi) is 8.63. The summed E-state index contributed by atoms with van der Waals surface area (Å²) < 4.78 is 0. The molecule has 1 aliphatic carbocycles. The molecule has 1 aliphatic rings. The van der Waals surface area contributed by atoms with E-state index < -0.39 is 18.1 Å². The standard InChI is InChI=1S/C28H31ClN4O2/c29-23-18-10-11-19-24(23)31-28(35)33-26(21-14-6-2-7-15-21)25(20-12-4-1-5-13-20)32-27(34)30-22-16-8-3-9-17-22/h1-2,4-7,10-15,18-19,22,25-26H,3,8-9,16-17H2,(H2,30,32,34)(H2,31,33,35). The lowest BCUT2D eigenvalue weighted by Crippen LogP contribution is -2.48. The second-order valence-corrected chi connectivity index (χ2v) is 9.21. The van der Waals surface area contributed by atoms with Crippen molar-refractivity contribution in [2.45, 2.75) is 50.2 Å². The number of carbonyl (C=O) groups excluding carboxylic acids is 2. The first-order valence-electron chi connectivity index (χ1n) is 12.1. The van der Waals surface area contributed by atoms with Gasteiger partial charge in [-0.3, -0.25) is 0 Å². The van der Waals surface area contributed by atoms with E-state index in [1.54, 1.807) is 24.3 Å². The number of rotatable bonds is 7. The Bertz CT molecular complexity index is 1100. The van der Waals surface area contributed by atoms with Crippen LogP contribution in [-0.2, 0) is 0 Å². The number of para-hydroxylation sites is 1. The summed E-state index contributed by atoms with van der Waals surface area (Å²) in [6, 6.07) is 24.9. The Balaban J connectivity index is 1.59. The van der Waals surface area contributed by atoms with Crippen LogP contribution in [0.15, 0.2) is 84.9 Å². The number of hydrogen-bond acceptors (Lipinski definition) is 2. The highest BCUT2D eigenvalue weighted by Crippen LogP contribution is 2.30. The molecule has 35 heavy (non-hydrogen) atoms. The summed E-state index contributed by atoms with van der Waals surface area (Å²) in [5.74, 6) is 0. The molecule has 6 nitrogen and oxygen atoms in total. The summed E-state index contributed by atoms with van der Waals surface area (Å²) in [6.07, 6.45) is 5.45. The Morgan fingerprint density at radius 1 is 0.686 bits per heavy atom. The van der Waals surface area contributed by atoms with Crippen molar-refractivity contribution in [2.75, 3.05) is 5.32 Å². The van der Waals surface area contributed by atoms with Gasteiger partial charge in [0.05, 0.1) is 22.8 Å². The molecule has 182 valence electrons. The summed E-state index contributed by atoms with van der Waals surface area (Å²) in [5.41, 5.74) is 2.27. The van der Waals surface area contributed by atoms with Gasteiger partial charge in [-0.05, 0) is 36.1 Å². The van der Waals surface area contributed by atoms with Crippen LogP contribution in [0.5, 0.6) is 0 Å². The van der Waals surface area contributed by atoms with Crippen molar-refractivity contribution in [3.05, 3.63) is 101 Å². The Morgan fingerprint density at radius 2 is 1.20 bits per heavy atom. The van der Waals surface area contributed by atoms with Crippen LogP contribution in [-0.4, -0.2) is 18.1 Å². The number of halogens is 1. The van der Waals surface area contributed by atoms with Gasteiger partial charge in [0, 0.05) is 6.04 Å². The zero-order valence-electron chi connectivity index (χ0n) is 19.5. The Labute approximate surface area is 211 Å². The average molecular weight is 491 g/mol. The molecule has 0 heterocycles. The van der Waals surface area contributed by atoms with Crippen molar-refractivity contribution in [3.63, 3.8) is 0 Å². The van der Waals surface area contributed by atoms with Crippen molar-refractivity contribution in [1.82, 2.24) is 16.0 Å². The van der Waals surface area contributed by atoms with E-state index in [4.69, 9.17) is 11.6 Å². The van der Waals surface area contributed by atoms with Crippen LogP contribution in [0.1, 0.15) is 55.3 Å². The molecule has 0 aromatic heterocycles. The second kappa shape index (κ2) is 12.3. The molecule has 2 atom stereocenters. The van der Waals surface area contributed by atoms with Crippen LogP contribution in [0.25, 0.3) is 0 Å². The quantitative estimate of drug-likeness (QED) is 0.302. The molecule has 0 aliphatic heterocycles. The van der Waals surface area contributed by atoms with E-state index in [2.05, 4.69) is 21.3 Å². The van der Waals surface area contributed by atoms with Crippen LogP contribution in [0.2, 0.25) is 5.02 Å². The number of anilines is 1. The minimum absolute atomic E-state index is 0.173. The van der Waals surface area contributed by atoms with Crippen LogP contribution in [0, 0.1) is 0 Å². The number of urea groups is 2. The van der Waals surface area contributed by atoms with E-state index in [9.17, 15) is 9.59 Å². The average Bonchev–Trinajstić information content (AvgIpc) is 2.89. The molecule has 4 rings (SSSR count). The Hall–Kier alpha value is -3.51. The fourth-order valence-corrected chi connectivity index (χ4v) is 4.70. The molecule has 0 bridgehead atoms. The SMILES string of the molecule is O=C(Nc1ccccc1Cl)NC(c1ccccc1)C(NC(=O)NC1CCCCC1)c1ccccc1. The molecule has 3 aromatic carbocycles. The lowest BCUT2D eigenvalue weighted by atomic mass is 9.93. The molecule has 2 unspecified atom stereocenters. The fourth-order valence-electron chi connectivity index (χ4n) is 4.52. The maximum atomic E-state index is 13.1. The first-order valence-corrected chi connectivity index (χ1v) is 12.5. The van der Waals surface area contributed by atoms with Crippen molar-refractivity contribution in [1.29, 1.82) is 0 Å². The topological polar surface area (TPSA) is 82.3 Å². The van der Waals surface area contributed by atoms with Gasteiger partial charge in [0.15, 0.2) is 0 Å². The van der Waals surface area contributed by atoms with E-state index in [1.165, 1.54) is 6.42 Å². The zero-order chi connectivity index (χ0) is 24.5. The second-order valence-electron chi connectivity index (χ2n) is 8.81. The molecule has 0 radical (unpaired) electrons. The molecule has 1 saturated carbocycles. The van der Waals surface area contributed by atoms with E-state index in [0.29, 0.717) is 10.7 Å². The molecule has 0 spiro atoms. The minimum atomic E-state index is -0.529. The maximum Gasteiger partial charge on any atom is 0.319 e. The fraction of sp³-hybridized carbons (Fsp3) is 0.286. The molecule has 3 aromatic rings. The normalized spacial score (nSPS) is 15.5. The van der Waals surface area contributed by atoms with Crippen molar-refractivity contribution in [3.8, 4) is 0 Å². The first-order chi connectivity index (χ1) is 17.1. The van der Waals surface area contributed by atoms with Gasteiger partial charge in [-0.15, -0.1) is 0 Å². The van der Waals surface area contributed by atoms with Gasteiger partial charge in [-0.25, -0.2) is 9.59 Å². The number of carbonyl (C=O) groups is 2. The van der Waals surface area contributed by atoms with Crippen LogP contribution in [0.3, 0.4) is 0 Å². The van der Waals surface area contributed by atoms with Gasteiger partial charge in [-0.1, -0.05) is 104 Å². The van der Waals surface area contributed by atoms with Crippen molar-refractivity contribution >= 4 is 29.4 Å². The minimum Gasteiger partial charge on any atom is -0.335 e. The highest BCUT2D eigenvalue weighted by molar-refractivity contribution is 6.33. The third kappa shape index (κ3) is 6.99. The van der Waals surface area contributed by atoms with Crippen LogP contribution in [0.4, 0.5) is 15.3 Å². The predicted octanol–water partition coefficient (Wildman–Crippen LogP) is 6.58. The van der Waals surface area contributed by atoms with Gasteiger partial charge in [0.2, 0.25) is 0 Å². The molecule has 4 amide bonds. The van der Waals surface area contributed by atoms with E-state index in [1.807, 2.05) is 60.7 Å². The lowest BCUT2D eigenvalue weighted by molar-refractivity contribution is 0.222. The van der Waals surface area contributed by atoms with E-state index >= 15 is 0 Å². The summed E-state index contributed by atoms with van der Waals surface area (Å²) in [5, 5.41) is 12.6. The third-order valence-corrected chi connectivity index (χ3v) is 6.62. The summed E-state index contributed by atoms with van der Waals surface area (Å²) in [4.78, 5) is 26.2. The van der Waals surface area contributed by atoms with Gasteiger partial charge in [0.1, 0.15) is 0 Å². The third-order valence-electron chi connectivity index (χ3n) is 6.29. The molecular formula is C28H31ClN4O2. The highest BCUT2D eigenvalue weighted by atomic mass is 35.5. The summed E-state index contributed by atoms with van der Waals surface area (Å²) in [7, 11) is 0. The number of benzene rings is 3. The van der Waals surface area contributed by atoms with Gasteiger partial charge >= 0.3 is 12.1 Å². The number of nitrogens with one attached hydrogen (secondary N) is 4. The Morgan fingerprint density at radius 3 is 1.77 bits per heavy atom. The lowest BCUT2D eigenvalue weighted by Gasteiger charge is -2.31. The predicted molar refractivity (Wildman–Crippen MR) is 141 cm³/mol. The van der Waals surface area contributed by atoms with E-state index in [-0.39, 0.29) is 12.1 Å². The monoisotopic (exact) mass is 490 g/mol. The van der Waals surface area contributed by atoms with Crippen molar-refractivity contribution in [2.24, 2.45) is 0 Å². The number of hydrogen-bond donors (Lipinski definition) is 4. The van der Waals surface area contributed by atoms with Gasteiger partial charge < -0.3 is 21.3 Å². The van der Waals surface area contributed by atoms with E-state index in [0.717, 1.165) is 36.8 Å². The smallest absolute Gasteiger partial charge is 0.319 e. The van der Waals surface area contributed by atoms with Gasteiger partial charge in [-0.2, -0.15) is 0 Å². The molecule has 4 N–H and O–H groups in total. The van der Waals surface area contributed by atoms with Crippen LogP contribution < -0.4 is 21.3 Å². The van der Waals surface area contributed by atoms with Gasteiger partial charge in [0.25, 0.3) is 0 Å². The summed E-state index contributed by atoms with van der Waals surface area (Å²) >= 11 is 6.23. The highest BCUT2D eigenvalue weighted by Gasteiger charge is 2.29. The largest absolute Gasteiger partial charge is 0.335 e. The van der Waals surface area contributed by atoms with Crippen LogP contribution >= 0.6 is 11.6 Å². The van der Waals surface area contributed by atoms with Crippen molar-refractivity contribution < 1.29 is 9.59 Å². The first kappa shape index (κ1) is 24.6. The molecule has 7 heteroatoms. The zero-order valence-corrected chi connectivity index (χ0v) is 20.3. The maximum absolute atomic E-state index is 13.1. The molecular weight excluding hydrogens is 460 g/mol. The number of amides is 4. The molecule has 0 saturated heterocycles. The summed E-state index contributed by atoms with van der Waals surface area (Å²) in [6.45, 7) is 0.